The first-order valence-corrected chi connectivity index (χ1v) is 8.81. The summed E-state index contributed by atoms with van der Waals surface area (Å²) in [6.45, 7) is 0.182. The monoisotopic (exact) mass is 346 g/mol. The molecule has 1 unspecified atom stereocenters. The first kappa shape index (κ1) is 15.3. The highest BCUT2D eigenvalue weighted by atomic mass is 32.2. The Morgan fingerprint density at radius 2 is 2.05 bits per heavy atom. The SMILES string of the molecule is O=S(=O)(c1c(F)cccc1F)N1CCC(Oc2nccs2)C1. The van der Waals surface area contributed by atoms with E-state index in [1.54, 1.807) is 11.6 Å². The molecule has 2 aromatic rings. The van der Waals surface area contributed by atoms with Crippen LogP contribution in [-0.4, -0.2) is 36.9 Å². The molecule has 2 heterocycles. The molecule has 0 amide bonds. The summed E-state index contributed by atoms with van der Waals surface area (Å²) in [7, 11) is -4.23. The summed E-state index contributed by atoms with van der Waals surface area (Å²) in [6.07, 6.45) is 1.64. The van der Waals surface area contributed by atoms with Gasteiger partial charge in [0, 0.05) is 18.1 Å². The van der Waals surface area contributed by atoms with E-state index >= 15 is 0 Å². The molecule has 0 saturated carbocycles. The number of nitrogens with zero attached hydrogens (tertiary/aromatic N) is 2. The van der Waals surface area contributed by atoms with Gasteiger partial charge < -0.3 is 4.74 Å². The van der Waals surface area contributed by atoms with Crippen LogP contribution in [0.4, 0.5) is 8.78 Å². The molecule has 1 saturated heterocycles. The molecule has 0 spiro atoms. The zero-order valence-electron chi connectivity index (χ0n) is 11.3. The zero-order valence-corrected chi connectivity index (χ0v) is 12.9. The average Bonchev–Trinajstić information content (AvgIpc) is 3.10. The van der Waals surface area contributed by atoms with E-state index in [0.29, 0.717) is 11.6 Å². The van der Waals surface area contributed by atoms with E-state index in [2.05, 4.69) is 4.98 Å². The van der Waals surface area contributed by atoms with Crippen LogP contribution in [0.2, 0.25) is 0 Å². The minimum absolute atomic E-state index is 0.0374. The molecule has 1 aromatic heterocycles. The van der Waals surface area contributed by atoms with Gasteiger partial charge in [-0.05, 0) is 18.6 Å². The van der Waals surface area contributed by atoms with Crippen LogP contribution in [0.3, 0.4) is 0 Å². The van der Waals surface area contributed by atoms with Crippen molar-refractivity contribution in [2.45, 2.75) is 17.4 Å². The van der Waals surface area contributed by atoms with Crippen molar-refractivity contribution < 1.29 is 21.9 Å². The first-order chi connectivity index (χ1) is 10.5. The number of hydrogen-bond acceptors (Lipinski definition) is 5. The van der Waals surface area contributed by atoms with E-state index in [-0.39, 0.29) is 19.2 Å². The molecular weight excluding hydrogens is 334 g/mol. The van der Waals surface area contributed by atoms with Gasteiger partial charge in [-0.3, -0.25) is 0 Å². The summed E-state index contributed by atoms with van der Waals surface area (Å²) in [6, 6.07) is 2.98. The molecule has 0 N–H and O–H groups in total. The Kier molecular flexibility index (Phi) is 4.11. The van der Waals surface area contributed by atoms with Gasteiger partial charge in [0.1, 0.15) is 17.7 Å². The predicted molar refractivity (Wildman–Crippen MR) is 76.3 cm³/mol. The summed E-state index contributed by atoms with van der Waals surface area (Å²) in [5.74, 6) is -2.19. The van der Waals surface area contributed by atoms with Crippen LogP contribution in [0.5, 0.6) is 5.19 Å². The molecule has 0 bridgehead atoms. The maximum atomic E-state index is 13.7. The third kappa shape index (κ3) is 2.83. The normalized spacial score (nSPS) is 19.5. The third-order valence-electron chi connectivity index (χ3n) is 3.30. The summed E-state index contributed by atoms with van der Waals surface area (Å²) >= 11 is 1.30. The third-order valence-corrected chi connectivity index (χ3v) is 5.88. The van der Waals surface area contributed by atoms with Crippen LogP contribution >= 0.6 is 11.3 Å². The number of halogens is 2. The smallest absolute Gasteiger partial charge is 0.273 e. The van der Waals surface area contributed by atoms with E-state index in [9.17, 15) is 17.2 Å². The highest BCUT2D eigenvalue weighted by Gasteiger charge is 2.37. The first-order valence-electron chi connectivity index (χ1n) is 6.49. The van der Waals surface area contributed by atoms with Crippen molar-refractivity contribution in [3.8, 4) is 5.19 Å². The molecular formula is C13H12F2N2O3S2. The van der Waals surface area contributed by atoms with Crippen LogP contribution in [0, 0.1) is 11.6 Å². The fraction of sp³-hybridized carbons (Fsp3) is 0.308. The van der Waals surface area contributed by atoms with E-state index in [0.717, 1.165) is 22.5 Å². The minimum atomic E-state index is -4.23. The topological polar surface area (TPSA) is 59.5 Å². The highest BCUT2D eigenvalue weighted by Crippen LogP contribution is 2.27. The van der Waals surface area contributed by atoms with Crippen molar-refractivity contribution in [3.05, 3.63) is 41.4 Å². The number of hydrogen-bond donors (Lipinski definition) is 0. The lowest BCUT2D eigenvalue weighted by atomic mass is 10.3. The van der Waals surface area contributed by atoms with Crippen LogP contribution in [0.1, 0.15) is 6.42 Å². The molecule has 22 heavy (non-hydrogen) atoms. The lowest BCUT2D eigenvalue weighted by Gasteiger charge is -2.17. The average molecular weight is 346 g/mol. The predicted octanol–water partition coefficient (Wildman–Crippen LogP) is 2.26. The Hall–Kier alpha value is -1.58. The van der Waals surface area contributed by atoms with Gasteiger partial charge in [0.2, 0.25) is 10.0 Å². The molecule has 1 aliphatic heterocycles. The van der Waals surface area contributed by atoms with E-state index < -0.39 is 26.6 Å². The lowest BCUT2D eigenvalue weighted by molar-refractivity contribution is 0.214. The molecule has 5 nitrogen and oxygen atoms in total. The molecule has 0 radical (unpaired) electrons. The zero-order chi connectivity index (χ0) is 15.7. The molecule has 1 fully saturated rings. The minimum Gasteiger partial charge on any atom is -0.465 e. The molecule has 1 aliphatic rings. The second kappa shape index (κ2) is 5.90. The fourth-order valence-corrected chi connectivity index (χ4v) is 4.43. The Balaban J connectivity index is 1.79. The van der Waals surface area contributed by atoms with Gasteiger partial charge in [-0.2, -0.15) is 4.31 Å². The molecule has 3 rings (SSSR count). The van der Waals surface area contributed by atoms with Gasteiger partial charge >= 0.3 is 0 Å². The van der Waals surface area contributed by atoms with Gasteiger partial charge in [-0.25, -0.2) is 22.2 Å². The molecule has 9 heteroatoms. The number of rotatable bonds is 4. The van der Waals surface area contributed by atoms with Crippen LogP contribution in [0.25, 0.3) is 0 Å². The Bertz CT molecular complexity index is 745. The summed E-state index contributed by atoms with van der Waals surface area (Å²) < 4.78 is 58.8. The molecule has 1 aromatic carbocycles. The van der Waals surface area contributed by atoms with Gasteiger partial charge in [0.25, 0.3) is 5.19 Å². The van der Waals surface area contributed by atoms with Crippen molar-refractivity contribution in [2.24, 2.45) is 0 Å². The van der Waals surface area contributed by atoms with Crippen molar-refractivity contribution in [1.29, 1.82) is 0 Å². The van der Waals surface area contributed by atoms with Crippen molar-refractivity contribution in [2.75, 3.05) is 13.1 Å². The maximum Gasteiger partial charge on any atom is 0.273 e. The number of ether oxygens (including phenoxy) is 1. The number of benzene rings is 1. The summed E-state index contributed by atoms with van der Waals surface area (Å²) in [5, 5.41) is 2.19. The highest BCUT2D eigenvalue weighted by molar-refractivity contribution is 7.89. The number of thiazole rings is 1. The Morgan fingerprint density at radius 1 is 1.32 bits per heavy atom. The molecule has 1 atom stereocenters. The van der Waals surface area contributed by atoms with E-state index in [1.807, 2.05) is 0 Å². The van der Waals surface area contributed by atoms with Gasteiger partial charge in [0.05, 0.1) is 6.54 Å². The van der Waals surface area contributed by atoms with E-state index in [4.69, 9.17) is 4.74 Å². The largest absolute Gasteiger partial charge is 0.465 e. The lowest BCUT2D eigenvalue weighted by Crippen LogP contribution is -2.32. The van der Waals surface area contributed by atoms with Gasteiger partial charge in [0.15, 0.2) is 4.90 Å². The Labute approximate surface area is 130 Å². The summed E-state index contributed by atoms with van der Waals surface area (Å²) in [4.78, 5) is 3.05. The van der Waals surface area contributed by atoms with Gasteiger partial charge in [-0.15, -0.1) is 0 Å². The number of aromatic nitrogens is 1. The quantitative estimate of drug-likeness (QED) is 0.852. The summed E-state index contributed by atoms with van der Waals surface area (Å²) in [5.41, 5.74) is 0. The second-order valence-corrected chi connectivity index (χ2v) is 7.47. The van der Waals surface area contributed by atoms with Crippen LogP contribution < -0.4 is 4.74 Å². The standard InChI is InChI=1S/C13H12F2N2O3S2/c14-10-2-1-3-11(15)12(10)22(18,19)17-6-4-9(8-17)20-13-16-5-7-21-13/h1-3,5,7,9H,4,6,8H2. The molecule has 0 aliphatic carbocycles. The second-order valence-electron chi connectivity index (χ2n) is 4.74. The molecule has 118 valence electrons. The number of sulfonamides is 1. The van der Waals surface area contributed by atoms with Gasteiger partial charge in [-0.1, -0.05) is 17.4 Å². The van der Waals surface area contributed by atoms with Crippen molar-refractivity contribution in [3.63, 3.8) is 0 Å². The van der Waals surface area contributed by atoms with Crippen LogP contribution in [-0.2, 0) is 10.0 Å². The Morgan fingerprint density at radius 3 is 2.68 bits per heavy atom. The van der Waals surface area contributed by atoms with Crippen LogP contribution in [0.15, 0.2) is 34.7 Å². The fourth-order valence-electron chi connectivity index (χ4n) is 2.28. The maximum absolute atomic E-state index is 13.7. The van der Waals surface area contributed by atoms with Crippen molar-refractivity contribution >= 4 is 21.4 Å². The van der Waals surface area contributed by atoms with E-state index in [1.165, 1.54) is 11.3 Å². The van der Waals surface area contributed by atoms with Crippen molar-refractivity contribution in [1.82, 2.24) is 9.29 Å².